The molecule has 0 radical (unpaired) electrons. The number of nitrogens with zero attached hydrogens (tertiary/aromatic N) is 3. The standard InChI is InChI=1S/C16H30N4/c1-7-10-20(13-8-9-13)15-14(11-17-16(3,4)5)12(2)18-19(15)6/h13,17H,7-11H2,1-6H3. The third kappa shape index (κ3) is 3.54. The van der Waals surface area contributed by atoms with Crippen molar-refractivity contribution in [2.45, 2.75) is 72.0 Å². The Kier molecular flexibility index (Phi) is 4.43. The number of aromatic nitrogens is 2. The molecule has 1 aromatic heterocycles. The van der Waals surface area contributed by atoms with Crippen LogP contribution in [0.3, 0.4) is 0 Å². The molecular weight excluding hydrogens is 248 g/mol. The first-order chi connectivity index (χ1) is 9.33. The van der Waals surface area contributed by atoms with E-state index in [1.807, 2.05) is 0 Å². The number of aryl methyl sites for hydroxylation is 2. The molecule has 0 amide bonds. The van der Waals surface area contributed by atoms with E-state index in [-0.39, 0.29) is 5.54 Å². The summed E-state index contributed by atoms with van der Waals surface area (Å²) >= 11 is 0. The summed E-state index contributed by atoms with van der Waals surface area (Å²) in [4.78, 5) is 2.57. The van der Waals surface area contributed by atoms with Gasteiger partial charge >= 0.3 is 0 Å². The first-order valence-electron chi connectivity index (χ1n) is 7.87. The molecular formula is C16H30N4. The van der Waals surface area contributed by atoms with Gasteiger partial charge in [-0.2, -0.15) is 5.10 Å². The van der Waals surface area contributed by atoms with E-state index in [1.165, 1.54) is 30.6 Å². The third-order valence-corrected chi connectivity index (χ3v) is 3.83. The molecule has 4 nitrogen and oxygen atoms in total. The van der Waals surface area contributed by atoms with Crippen LogP contribution in [-0.4, -0.2) is 27.9 Å². The molecule has 2 rings (SSSR count). The van der Waals surface area contributed by atoms with Crippen molar-refractivity contribution in [3.63, 3.8) is 0 Å². The molecule has 0 spiro atoms. The average molecular weight is 278 g/mol. The molecule has 4 heteroatoms. The van der Waals surface area contributed by atoms with E-state index in [0.29, 0.717) is 0 Å². The maximum absolute atomic E-state index is 4.66. The fourth-order valence-corrected chi connectivity index (χ4v) is 2.70. The molecule has 1 fully saturated rings. The van der Waals surface area contributed by atoms with E-state index in [9.17, 15) is 0 Å². The molecule has 0 bridgehead atoms. The third-order valence-electron chi connectivity index (χ3n) is 3.83. The van der Waals surface area contributed by atoms with Gasteiger partial charge in [0.25, 0.3) is 0 Å². The van der Waals surface area contributed by atoms with Crippen molar-refractivity contribution in [2.75, 3.05) is 11.4 Å². The van der Waals surface area contributed by atoms with Gasteiger partial charge in [-0.15, -0.1) is 0 Å². The Bertz CT molecular complexity index is 452. The fourth-order valence-electron chi connectivity index (χ4n) is 2.70. The van der Waals surface area contributed by atoms with Gasteiger partial charge in [0.2, 0.25) is 0 Å². The van der Waals surface area contributed by atoms with Gasteiger partial charge in [0.05, 0.1) is 5.69 Å². The number of hydrogen-bond donors (Lipinski definition) is 1. The van der Waals surface area contributed by atoms with Crippen LogP contribution in [0.25, 0.3) is 0 Å². The Balaban J connectivity index is 2.26. The van der Waals surface area contributed by atoms with Crippen LogP contribution in [0.2, 0.25) is 0 Å². The predicted molar refractivity (Wildman–Crippen MR) is 85.2 cm³/mol. The lowest BCUT2D eigenvalue weighted by Crippen LogP contribution is -2.36. The Morgan fingerprint density at radius 2 is 2.00 bits per heavy atom. The maximum atomic E-state index is 4.66. The van der Waals surface area contributed by atoms with E-state index in [0.717, 1.165) is 24.8 Å². The highest BCUT2D eigenvalue weighted by molar-refractivity contribution is 5.52. The largest absolute Gasteiger partial charge is 0.354 e. The average Bonchev–Trinajstić information content (AvgIpc) is 3.10. The Labute approximate surface area is 123 Å². The second kappa shape index (κ2) is 5.76. The minimum atomic E-state index is 0.134. The Morgan fingerprint density at radius 1 is 1.35 bits per heavy atom. The highest BCUT2D eigenvalue weighted by atomic mass is 15.4. The summed E-state index contributed by atoms with van der Waals surface area (Å²) in [6.07, 6.45) is 3.85. The van der Waals surface area contributed by atoms with Crippen LogP contribution in [0.4, 0.5) is 5.82 Å². The molecule has 20 heavy (non-hydrogen) atoms. The summed E-state index contributed by atoms with van der Waals surface area (Å²) in [5, 5.41) is 8.27. The molecule has 1 N–H and O–H groups in total. The zero-order chi connectivity index (χ0) is 14.9. The van der Waals surface area contributed by atoms with Crippen LogP contribution in [-0.2, 0) is 13.6 Å². The Hall–Kier alpha value is -1.03. The molecule has 1 aliphatic rings. The number of anilines is 1. The topological polar surface area (TPSA) is 33.1 Å². The van der Waals surface area contributed by atoms with E-state index in [1.54, 1.807) is 0 Å². The van der Waals surface area contributed by atoms with Crippen LogP contribution in [0, 0.1) is 6.92 Å². The highest BCUT2D eigenvalue weighted by Crippen LogP contribution is 2.34. The lowest BCUT2D eigenvalue weighted by Gasteiger charge is -2.27. The molecule has 0 aromatic carbocycles. The van der Waals surface area contributed by atoms with Crippen molar-refractivity contribution in [3.8, 4) is 0 Å². The summed E-state index contributed by atoms with van der Waals surface area (Å²) in [7, 11) is 2.08. The van der Waals surface area contributed by atoms with E-state index in [4.69, 9.17) is 0 Å². The van der Waals surface area contributed by atoms with Crippen LogP contribution in [0.15, 0.2) is 0 Å². The fraction of sp³-hybridized carbons (Fsp3) is 0.812. The minimum absolute atomic E-state index is 0.134. The first-order valence-corrected chi connectivity index (χ1v) is 7.87. The van der Waals surface area contributed by atoms with Crippen molar-refractivity contribution >= 4 is 5.82 Å². The second-order valence-electron chi connectivity index (χ2n) is 7.04. The quantitative estimate of drug-likeness (QED) is 0.868. The van der Waals surface area contributed by atoms with Crippen molar-refractivity contribution in [1.29, 1.82) is 0 Å². The van der Waals surface area contributed by atoms with Gasteiger partial charge in [-0.3, -0.25) is 4.68 Å². The van der Waals surface area contributed by atoms with E-state index < -0.39 is 0 Å². The second-order valence-corrected chi connectivity index (χ2v) is 7.04. The lowest BCUT2D eigenvalue weighted by atomic mass is 10.1. The van der Waals surface area contributed by atoms with Gasteiger partial charge in [0.1, 0.15) is 5.82 Å². The lowest BCUT2D eigenvalue weighted by molar-refractivity contribution is 0.423. The zero-order valence-electron chi connectivity index (χ0n) is 14.0. The molecule has 114 valence electrons. The normalized spacial score (nSPS) is 15.7. The predicted octanol–water partition coefficient (Wildman–Crippen LogP) is 3.00. The van der Waals surface area contributed by atoms with E-state index in [2.05, 4.69) is 61.7 Å². The van der Waals surface area contributed by atoms with Gasteiger partial charge in [0.15, 0.2) is 0 Å². The molecule has 0 unspecified atom stereocenters. The Morgan fingerprint density at radius 3 is 2.50 bits per heavy atom. The van der Waals surface area contributed by atoms with Gasteiger partial charge in [-0.05, 0) is 47.0 Å². The summed E-state index contributed by atoms with van der Waals surface area (Å²) in [5.74, 6) is 1.32. The zero-order valence-corrected chi connectivity index (χ0v) is 14.0. The van der Waals surface area contributed by atoms with Gasteiger partial charge < -0.3 is 10.2 Å². The highest BCUT2D eigenvalue weighted by Gasteiger charge is 2.32. The molecule has 0 aliphatic heterocycles. The van der Waals surface area contributed by atoms with Crippen LogP contribution < -0.4 is 10.2 Å². The van der Waals surface area contributed by atoms with Crippen molar-refractivity contribution in [2.24, 2.45) is 7.05 Å². The maximum Gasteiger partial charge on any atom is 0.131 e. The molecule has 0 atom stereocenters. The van der Waals surface area contributed by atoms with Gasteiger partial charge in [-0.1, -0.05) is 6.92 Å². The first kappa shape index (κ1) is 15.4. The summed E-state index contributed by atoms with van der Waals surface area (Å²) in [6, 6.07) is 0.734. The van der Waals surface area contributed by atoms with E-state index >= 15 is 0 Å². The summed E-state index contributed by atoms with van der Waals surface area (Å²) in [6.45, 7) is 13.0. The molecule has 0 saturated heterocycles. The van der Waals surface area contributed by atoms with Crippen molar-refractivity contribution in [1.82, 2.24) is 15.1 Å². The summed E-state index contributed by atoms with van der Waals surface area (Å²) in [5.41, 5.74) is 2.65. The van der Waals surface area contributed by atoms with Crippen molar-refractivity contribution < 1.29 is 0 Å². The molecule has 1 heterocycles. The van der Waals surface area contributed by atoms with Crippen LogP contribution in [0.1, 0.15) is 58.2 Å². The smallest absolute Gasteiger partial charge is 0.131 e. The number of rotatable bonds is 6. The number of nitrogens with one attached hydrogen (secondary N) is 1. The van der Waals surface area contributed by atoms with Crippen LogP contribution in [0.5, 0.6) is 0 Å². The van der Waals surface area contributed by atoms with Crippen LogP contribution >= 0.6 is 0 Å². The SMILES string of the molecule is CCCN(c1c(CNC(C)(C)C)c(C)nn1C)C1CC1. The minimum Gasteiger partial charge on any atom is -0.354 e. The van der Waals surface area contributed by atoms with Gasteiger partial charge in [-0.25, -0.2) is 0 Å². The molecule has 1 aromatic rings. The van der Waals surface area contributed by atoms with Gasteiger partial charge in [0, 0.05) is 37.3 Å². The van der Waals surface area contributed by atoms with Crippen molar-refractivity contribution in [3.05, 3.63) is 11.3 Å². The molecule has 1 aliphatic carbocycles. The summed E-state index contributed by atoms with van der Waals surface area (Å²) < 4.78 is 2.07. The number of hydrogen-bond acceptors (Lipinski definition) is 3. The monoisotopic (exact) mass is 278 g/mol. The molecule has 1 saturated carbocycles.